The van der Waals surface area contributed by atoms with Gasteiger partial charge in [0.2, 0.25) is 0 Å². The summed E-state index contributed by atoms with van der Waals surface area (Å²) < 4.78 is 5.46. The standard InChI is InChI=1S/C10H20N2O2S2/c1-6-7(12(4)5)10(2,3)14-9(13)16-8(11)15/h7H,6H2,1-5H3,(H2,11,15)/t7-/m0/s1. The molecule has 0 amide bonds. The highest BCUT2D eigenvalue weighted by Gasteiger charge is 2.33. The molecule has 0 heterocycles. The Morgan fingerprint density at radius 3 is 2.38 bits per heavy atom. The molecule has 1 atom stereocenters. The normalized spacial score (nSPS) is 13.6. The van der Waals surface area contributed by atoms with Crippen molar-refractivity contribution in [2.45, 2.75) is 38.8 Å². The number of nitrogens with two attached hydrogens (primary N) is 1. The van der Waals surface area contributed by atoms with Gasteiger partial charge in [-0.25, -0.2) is 4.79 Å². The second kappa shape index (κ2) is 6.42. The number of likely N-dealkylation sites (N-methyl/N-ethyl adjacent to an activating group) is 1. The van der Waals surface area contributed by atoms with Gasteiger partial charge in [0.15, 0.2) is 0 Å². The number of rotatable bonds is 4. The lowest BCUT2D eigenvalue weighted by molar-refractivity contribution is -0.00845. The molecule has 0 aliphatic heterocycles. The average molecular weight is 264 g/mol. The van der Waals surface area contributed by atoms with Crippen LogP contribution >= 0.6 is 24.0 Å². The topological polar surface area (TPSA) is 55.6 Å². The summed E-state index contributed by atoms with van der Waals surface area (Å²) in [6.07, 6.45) is 0.894. The fraction of sp³-hybridized carbons (Fsp3) is 0.800. The van der Waals surface area contributed by atoms with Gasteiger partial charge in [-0.2, -0.15) is 0 Å². The van der Waals surface area contributed by atoms with Crippen molar-refractivity contribution in [2.75, 3.05) is 14.1 Å². The van der Waals surface area contributed by atoms with E-state index in [9.17, 15) is 4.79 Å². The first kappa shape index (κ1) is 15.7. The fourth-order valence-electron chi connectivity index (χ4n) is 1.86. The molecule has 0 saturated carbocycles. The van der Waals surface area contributed by atoms with Crippen molar-refractivity contribution in [1.82, 2.24) is 4.90 Å². The van der Waals surface area contributed by atoms with Gasteiger partial charge >= 0.3 is 5.30 Å². The van der Waals surface area contributed by atoms with Crippen LogP contribution in [0.4, 0.5) is 4.79 Å². The van der Waals surface area contributed by atoms with Crippen molar-refractivity contribution < 1.29 is 9.53 Å². The van der Waals surface area contributed by atoms with E-state index < -0.39 is 10.9 Å². The third kappa shape index (κ3) is 5.14. The quantitative estimate of drug-likeness (QED) is 0.620. The summed E-state index contributed by atoms with van der Waals surface area (Å²) in [6.45, 7) is 5.83. The molecule has 6 heteroatoms. The smallest absolute Gasteiger partial charge is 0.374 e. The SMILES string of the molecule is CC[C@H](N(C)C)C(C)(C)OC(=O)SC(N)=S. The zero-order valence-corrected chi connectivity index (χ0v) is 12.1. The van der Waals surface area contributed by atoms with Crippen LogP contribution in [0.15, 0.2) is 0 Å². The molecule has 0 aliphatic rings. The molecule has 0 aromatic heterocycles. The molecule has 0 unspecified atom stereocenters. The third-order valence-electron chi connectivity index (χ3n) is 2.34. The lowest BCUT2D eigenvalue weighted by atomic mass is 9.95. The number of carbonyl (C=O) groups excluding carboxylic acids is 1. The highest BCUT2D eigenvalue weighted by atomic mass is 32.2. The van der Waals surface area contributed by atoms with Crippen molar-refractivity contribution in [1.29, 1.82) is 0 Å². The van der Waals surface area contributed by atoms with Crippen LogP contribution in [0.5, 0.6) is 0 Å². The lowest BCUT2D eigenvalue weighted by Crippen LogP contribution is -2.48. The highest BCUT2D eigenvalue weighted by Crippen LogP contribution is 2.24. The summed E-state index contributed by atoms with van der Waals surface area (Å²) in [6, 6.07) is 0.156. The first-order valence-corrected chi connectivity index (χ1v) is 6.29. The summed E-state index contributed by atoms with van der Waals surface area (Å²) in [5.74, 6) is 0. The molecule has 0 radical (unpaired) electrons. The summed E-state index contributed by atoms with van der Waals surface area (Å²) in [4.78, 5) is 13.5. The summed E-state index contributed by atoms with van der Waals surface area (Å²) >= 11 is 5.39. The van der Waals surface area contributed by atoms with Gasteiger partial charge in [-0.1, -0.05) is 19.1 Å². The van der Waals surface area contributed by atoms with Gasteiger partial charge in [0.05, 0.1) is 0 Å². The predicted octanol–water partition coefficient (Wildman–Crippen LogP) is 2.22. The van der Waals surface area contributed by atoms with E-state index in [1.807, 2.05) is 32.8 Å². The molecule has 0 bridgehead atoms. The van der Waals surface area contributed by atoms with Crippen LogP contribution in [0.2, 0.25) is 0 Å². The zero-order chi connectivity index (χ0) is 12.9. The maximum atomic E-state index is 11.5. The van der Waals surface area contributed by atoms with Crippen LogP contribution in [0.3, 0.4) is 0 Å². The number of hydrogen-bond acceptors (Lipinski definition) is 5. The van der Waals surface area contributed by atoms with Gasteiger partial charge in [-0.3, -0.25) is 0 Å². The Morgan fingerprint density at radius 2 is 2.06 bits per heavy atom. The van der Waals surface area contributed by atoms with Crippen molar-refractivity contribution in [3.8, 4) is 0 Å². The number of hydrogen-bond donors (Lipinski definition) is 1. The molecule has 0 aromatic rings. The van der Waals surface area contributed by atoms with Crippen LogP contribution in [0.25, 0.3) is 0 Å². The maximum absolute atomic E-state index is 11.5. The Bertz CT molecular complexity index is 268. The highest BCUT2D eigenvalue weighted by molar-refractivity contribution is 8.32. The molecule has 94 valence electrons. The van der Waals surface area contributed by atoms with E-state index in [2.05, 4.69) is 19.1 Å². The molecular formula is C10H20N2O2S2. The van der Waals surface area contributed by atoms with E-state index in [4.69, 9.17) is 10.5 Å². The van der Waals surface area contributed by atoms with Gasteiger partial charge in [0, 0.05) is 17.8 Å². The van der Waals surface area contributed by atoms with Crippen LogP contribution < -0.4 is 5.73 Å². The van der Waals surface area contributed by atoms with E-state index in [1.54, 1.807) is 0 Å². The minimum absolute atomic E-state index is 0.0821. The largest absolute Gasteiger partial charge is 0.450 e. The summed E-state index contributed by atoms with van der Waals surface area (Å²) in [5.41, 5.74) is 4.70. The Hall–Kier alpha value is -0.330. The van der Waals surface area contributed by atoms with E-state index in [0.717, 1.165) is 18.2 Å². The number of thioether (sulfide) groups is 1. The minimum Gasteiger partial charge on any atom is -0.450 e. The molecule has 0 saturated heterocycles. The van der Waals surface area contributed by atoms with E-state index in [0.29, 0.717) is 0 Å². The molecule has 0 aliphatic carbocycles. The molecule has 0 aromatic carbocycles. The fourth-order valence-corrected chi connectivity index (χ4v) is 2.49. The lowest BCUT2D eigenvalue weighted by Gasteiger charge is -2.37. The Labute approximate surface area is 107 Å². The monoisotopic (exact) mass is 264 g/mol. The Morgan fingerprint density at radius 1 is 1.56 bits per heavy atom. The van der Waals surface area contributed by atoms with Crippen molar-refractivity contribution in [2.24, 2.45) is 5.73 Å². The third-order valence-corrected chi connectivity index (χ3v) is 3.04. The number of ether oxygens (including phenoxy) is 1. The molecule has 16 heavy (non-hydrogen) atoms. The van der Waals surface area contributed by atoms with E-state index in [1.165, 1.54) is 0 Å². The molecule has 0 rings (SSSR count). The van der Waals surface area contributed by atoms with Crippen molar-refractivity contribution in [3.05, 3.63) is 0 Å². The van der Waals surface area contributed by atoms with Crippen LogP contribution in [-0.4, -0.2) is 40.3 Å². The van der Waals surface area contributed by atoms with Crippen molar-refractivity contribution in [3.63, 3.8) is 0 Å². The molecule has 0 fully saturated rings. The Balaban J connectivity index is 4.53. The second-order valence-electron chi connectivity index (χ2n) is 4.26. The van der Waals surface area contributed by atoms with E-state index >= 15 is 0 Å². The first-order valence-electron chi connectivity index (χ1n) is 5.07. The number of thiocarbonyl (C=S) groups is 1. The number of carbonyl (C=O) groups is 1. The van der Waals surface area contributed by atoms with Crippen LogP contribution in [0, 0.1) is 0 Å². The van der Waals surface area contributed by atoms with Gasteiger partial charge in [0.1, 0.15) is 9.92 Å². The van der Waals surface area contributed by atoms with Gasteiger partial charge in [-0.05, 0) is 34.4 Å². The average Bonchev–Trinajstić information content (AvgIpc) is 1.99. The van der Waals surface area contributed by atoms with Gasteiger partial charge < -0.3 is 15.4 Å². The Kier molecular flexibility index (Phi) is 6.28. The predicted molar refractivity (Wildman–Crippen MR) is 72.7 cm³/mol. The second-order valence-corrected chi connectivity index (χ2v) is 5.94. The van der Waals surface area contributed by atoms with Crippen molar-refractivity contribution >= 4 is 33.6 Å². The summed E-state index contributed by atoms with van der Waals surface area (Å²) in [5, 5.41) is -0.446. The van der Waals surface area contributed by atoms with Crippen LogP contribution in [-0.2, 0) is 4.74 Å². The minimum atomic E-state index is -0.562. The molecule has 0 spiro atoms. The molecule has 4 nitrogen and oxygen atoms in total. The summed E-state index contributed by atoms with van der Waals surface area (Å²) in [7, 11) is 3.93. The molecular weight excluding hydrogens is 244 g/mol. The van der Waals surface area contributed by atoms with Gasteiger partial charge in [-0.15, -0.1) is 0 Å². The van der Waals surface area contributed by atoms with Gasteiger partial charge in [0.25, 0.3) is 0 Å². The number of nitrogens with zero attached hydrogens (tertiary/aromatic N) is 1. The molecule has 2 N–H and O–H groups in total. The first-order chi connectivity index (χ1) is 7.20. The van der Waals surface area contributed by atoms with Crippen LogP contribution in [0.1, 0.15) is 27.2 Å². The maximum Gasteiger partial charge on any atom is 0.374 e. The van der Waals surface area contributed by atoms with E-state index in [-0.39, 0.29) is 10.4 Å². The zero-order valence-electron chi connectivity index (χ0n) is 10.4.